The van der Waals surface area contributed by atoms with Crippen molar-refractivity contribution in [2.75, 3.05) is 10.0 Å². The summed E-state index contributed by atoms with van der Waals surface area (Å²) in [4.78, 5) is 0.141. The van der Waals surface area contributed by atoms with Gasteiger partial charge >= 0.3 is 0 Å². The molecule has 0 atom stereocenters. The van der Waals surface area contributed by atoms with E-state index in [-0.39, 0.29) is 10.7 Å². The normalized spacial score (nSPS) is 11.1. The fourth-order valence-electron chi connectivity index (χ4n) is 1.99. The van der Waals surface area contributed by atoms with E-state index in [4.69, 9.17) is 23.2 Å². The molecule has 6 nitrogen and oxygen atoms in total. The third kappa shape index (κ3) is 4.19. The van der Waals surface area contributed by atoms with Crippen LogP contribution in [0.25, 0.3) is 0 Å². The van der Waals surface area contributed by atoms with Crippen LogP contribution in [0.5, 0.6) is 0 Å². The van der Waals surface area contributed by atoms with Crippen molar-refractivity contribution in [2.45, 2.75) is 4.90 Å². The smallest absolute Gasteiger partial charge is 0.263 e. The van der Waals surface area contributed by atoms with E-state index in [9.17, 15) is 8.42 Å². The number of sulfonamides is 1. The van der Waals surface area contributed by atoms with Crippen molar-refractivity contribution >= 4 is 50.5 Å². The third-order valence-electron chi connectivity index (χ3n) is 3.17. The van der Waals surface area contributed by atoms with E-state index >= 15 is 0 Å². The summed E-state index contributed by atoms with van der Waals surface area (Å²) in [6.45, 7) is 0. The Bertz CT molecular complexity index is 961. The van der Waals surface area contributed by atoms with Crippen molar-refractivity contribution < 1.29 is 8.42 Å². The highest BCUT2D eigenvalue weighted by molar-refractivity contribution is 7.92. The second kappa shape index (κ2) is 7.26. The van der Waals surface area contributed by atoms with Gasteiger partial charge in [-0.3, -0.25) is 4.72 Å². The molecule has 1 heterocycles. The van der Waals surface area contributed by atoms with Crippen LogP contribution in [-0.2, 0) is 10.0 Å². The SMILES string of the molecule is O=S(=O)(Nc1ccc(Nc2c(Cl)cccc2Cl)nn1)c1ccccc1. The van der Waals surface area contributed by atoms with Gasteiger partial charge in [-0.1, -0.05) is 47.5 Å². The summed E-state index contributed by atoms with van der Waals surface area (Å²) in [7, 11) is -3.71. The first-order chi connectivity index (χ1) is 12.0. The van der Waals surface area contributed by atoms with Gasteiger partial charge in [0, 0.05) is 0 Å². The molecule has 0 radical (unpaired) electrons. The maximum atomic E-state index is 12.2. The zero-order chi connectivity index (χ0) is 17.9. The van der Waals surface area contributed by atoms with E-state index in [1.807, 2.05) is 0 Å². The van der Waals surface area contributed by atoms with Gasteiger partial charge in [-0.15, -0.1) is 10.2 Å². The first-order valence-corrected chi connectivity index (χ1v) is 9.32. The van der Waals surface area contributed by atoms with Gasteiger partial charge in [0.15, 0.2) is 11.6 Å². The summed E-state index contributed by atoms with van der Waals surface area (Å²) in [6.07, 6.45) is 0. The number of anilines is 3. The van der Waals surface area contributed by atoms with Crippen molar-refractivity contribution in [3.8, 4) is 0 Å². The van der Waals surface area contributed by atoms with E-state index in [1.165, 1.54) is 18.2 Å². The quantitative estimate of drug-likeness (QED) is 0.672. The Kier molecular flexibility index (Phi) is 5.08. The number of nitrogens with zero attached hydrogens (tertiary/aromatic N) is 2. The molecule has 0 fully saturated rings. The average Bonchev–Trinajstić information content (AvgIpc) is 2.60. The lowest BCUT2D eigenvalue weighted by Crippen LogP contribution is -2.14. The molecule has 0 spiro atoms. The van der Waals surface area contributed by atoms with Gasteiger partial charge in [-0.25, -0.2) is 8.42 Å². The Morgan fingerprint density at radius 3 is 1.96 bits per heavy atom. The molecule has 0 unspecified atom stereocenters. The van der Waals surface area contributed by atoms with E-state index in [0.717, 1.165) is 0 Å². The molecule has 0 amide bonds. The first kappa shape index (κ1) is 17.5. The molecule has 0 aliphatic carbocycles. The van der Waals surface area contributed by atoms with Crippen LogP contribution < -0.4 is 10.0 Å². The lowest BCUT2D eigenvalue weighted by Gasteiger charge is -2.10. The summed E-state index contributed by atoms with van der Waals surface area (Å²) >= 11 is 12.2. The number of rotatable bonds is 5. The molecule has 0 aliphatic heterocycles. The van der Waals surface area contributed by atoms with Crippen LogP contribution in [0.3, 0.4) is 0 Å². The molecule has 1 aromatic heterocycles. The molecule has 9 heteroatoms. The van der Waals surface area contributed by atoms with Crippen molar-refractivity contribution in [2.24, 2.45) is 0 Å². The summed E-state index contributed by atoms with van der Waals surface area (Å²) in [5.74, 6) is 0.470. The lowest BCUT2D eigenvalue weighted by molar-refractivity contribution is 0.601. The highest BCUT2D eigenvalue weighted by Crippen LogP contribution is 2.31. The van der Waals surface area contributed by atoms with E-state index in [0.29, 0.717) is 21.6 Å². The Balaban J connectivity index is 1.77. The summed E-state index contributed by atoms with van der Waals surface area (Å²) < 4.78 is 26.8. The summed E-state index contributed by atoms with van der Waals surface area (Å²) in [6, 6.07) is 16.1. The maximum absolute atomic E-state index is 12.2. The number of halogens is 2. The van der Waals surface area contributed by atoms with E-state index in [1.54, 1.807) is 42.5 Å². The minimum Gasteiger partial charge on any atom is -0.336 e. The molecule has 0 saturated heterocycles. The van der Waals surface area contributed by atoms with Crippen molar-refractivity contribution in [1.29, 1.82) is 0 Å². The summed E-state index contributed by atoms with van der Waals surface area (Å²) in [5.41, 5.74) is 0.498. The standard InChI is InChI=1S/C16H12Cl2N4O2S/c17-12-7-4-8-13(18)16(12)19-14-9-10-15(21-20-14)22-25(23,24)11-5-2-1-3-6-11/h1-10H,(H,19,20)(H,21,22). The van der Waals surface area contributed by atoms with Gasteiger partial charge < -0.3 is 5.32 Å². The second-order valence-corrected chi connectivity index (χ2v) is 7.44. The maximum Gasteiger partial charge on any atom is 0.263 e. The number of hydrogen-bond donors (Lipinski definition) is 2. The monoisotopic (exact) mass is 394 g/mol. The molecule has 3 rings (SSSR count). The Hall–Kier alpha value is -2.35. The van der Waals surface area contributed by atoms with Crippen LogP contribution in [0, 0.1) is 0 Å². The first-order valence-electron chi connectivity index (χ1n) is 7.08. The van der Waals surface area contributed by atoms with Gasteiger partial charge in [0.05, 0.1) is 20.6 Å². The Morgan fingerprint density at radius 2 is 1.36 bits per heavy atom. The zero-order valence-electron chi connectivity index (χ0n) is 12.6. The van der Waals surface area contributed by atoms with Crippen molar-refractivity contribution in [3.05, 3.63) is 70.7 Å². The van der Waals surface area contributed by atoms with E-state index < -0.39 is 10.0 Å². The fourth-order valence-corrected chi connectivity index (χ4v) is 3.50. The predicted octanol–water partition coefficient (Wildman–Crippen LogP) is 4.33. The van der Waals surface area contributed by atoms with Crippen LogP contribution in [-0.4, -0.2) is 18.6 Å². The second-order valence-electron chi connectivity index (χ2n) is 4.94. The van der Waals surface area contributed by atoms with Gasteiger partial charge in [-0.2, -0.15) is 0 Å². The minimum absolute atomic E-state index is 0.0969. The number of para-hydroxylation sites is 1. The number of hydrogen-bond acceptors (Lipinski definition) is 5. The minimum atomic E-state index is -3.71. The largest absolute Gasteiger partial charge is 0.336 e. The molecule has 128 valence electrons. The molecule has 25 heavy (non-hydrogen) atoms. The molecule has 3 aromatic rings. The van der Waals surface area contributed by atoms with Gasteiger partial charge in [0.25, 0.3) is 10.0 Å². The van der Waals surface area contributed by atoms with Crippen LogP contribution in [0.15, 0.2) is 65.6 Å². The zero-order valence-corrected chi connectivity index (χ0v) is 15.0. The third-order valence-corrected chi connectivity index (χ3v) is 5.17. The highest BCUT2D eigenvalue weighted by Gasteiger charge is 2.14. The molecule has 0 saturated carbocycles. The molecular weight excluding hydrogens is 383 g/mol. The number of aromatic nitrogens is 2. The Morgan fingerprint density at radius 1 is 0.760 bits per heavy atom. The summed E-state index contributed by atoms with van der Waals surface area (Å²) in [5, 5.41) is 11.6. The van der Waals surface area contributed by atoms with Crippen LogP contribution in [0.1, 0.15) is 0 Å². The molecule has 2 aromatic carbocycles. The molecular formula is C16H12Cl2N4O2S. The average molecular weight is 395 g/mol. The van der Waals surface area contributed by atoms with Crippen molar-refractivity contribution in [3.63, 3.8) is 0 Å². The van der Waals surface area contributed by atoms with Crippen LogP contribution in [0.4, 0.5) is 17.3 Å². The number of nitrogens with one attached hydrogen (secondary N) is 2. The lowest BCUT2D eigenvalue weighted by atomic mass is 10.3. The fraction of sp³-hybridized carbons (Fsp3) is 0. The Labute approximate surface area is 154 Å². The predicted molar refractivity (Wildman–Crippen MR) is 99.0 cm³/mol. The topological polar surface area (TPSA) is 84.0 Å². The van der Waals surface area contributed by atoms with Gasteiger partial charge in [0.2, 0.25) is 0 Å². The van der Waals surface area contributed by atoms with Gasteiger partial charge in [-0.05, 0) is 36.4 Å². The molecule has 0 bridgehead atoms. The van der Waals surface area contributed by atoms with Crippen molar-refractivity contribution in [1.82, 2.24) is 10.2 Å². The van der Waals surface area contributed by atoms with Gasteiger partial charge in [0.1, 0.15) is 0 Å². The highest BCUT2D eigenvalue weighted by atomic mass is 35.5. The molecule has 2 N–H and O–H groups in total. The van der Waals surface area contributed by atoms with E-state index in [2.05, 4.69) is 20.2 Å². The van der Waals surface area contributed by atoms with Crippen LogP contribution in [0.2, 0.25) is 10.0 Å². The number of benzene rings is 2. The van der Waals surface area contributed by atoms with Crippen LogP contribution >= 0.6 is 23.2 Å². The molecule has 0 aliphatic rings.